The lowest BCUT2D eigenvalue weighted by molar-refractivity contribution is 0.652. The van der Waals surface area contributed by atoms with Crippen molar-refractivity contribution in [2.45, 2.75) is 117 Å². The molecule has 0 saturated carbocycles. The van der Waals surface area contributed by atoms with E-state index in [2.05, 4.69) is 20.8 Å². The largest absolute Gasteiger partial charge is 0.369 e. The summed E-state index contributed by atoms with van der Waals surface area (Å²) in [4.78, 5) is 0. The second kappa shape index (κ2) is 9.62. The molecule has 3 aliphatic rings. The van der Waals surface area contributed by atoms with E-state index in [1.54, 1.807) is 0 Å². The minimum Gasteiger partial charge on any atom is -0.122 e. The normalized spacial score (nSPS) is 22.7. The molecule has 3 aliphatic carbocycles. The van der Waals surface area contributed by atoms with Crippen molar-refractivity contribution in [1.29, 1.82) is 0 Å². The molecule has 0 N–H and O–H groups in total. The van der Waals surface area contributed by atoms with Crippen LogP contribution in [0.4, 0.5) is 0 Å². The molecule has 0 spiro atoms. The molecule has 0 nitrogen and oxygen atoms in total. The summed E-state index contributed by atoms with van der Waals surface area (Å²) in [6.07, 6.45) is 21.3. The lowest BCUT2D eigenvalue weighted by Gasteiger charge is -2.34. The van der Waals surface area contributed by atoms with Crippen molar-refractivity contribution in [2.75, 3.05) is 0 Å². The summed E-state index contributed by atoms with van der Waals surface area (Å²) < 4.78 is 6.08. The fourth-order valence-electron chi connectivity index (χ4n) is 5.86. The first-order chi connectivity index (χ1) is 12.3. The second-order valence-electron chi connectivity index (χ2n) is 8.50. The fraction of sp³-hybridized carbons (Fsp3) is 0.750. The summed E-state index contributed by atoms with van der Waals surface area (Å²) >= 11 is -1.07. The van der Waals surface area contributed by atoms with E-state index in [1.165, 1.54) is 96.3 Å². The Balaban J connectivity index is 2.13. The molecule has 0 aromatic rings. The van der Waals surface area contributed by atoms with Crippen molar-refractivity contribution in [2.24, 2.45) is 0 Å². The highest BCUT2D eigenvalue weighted by atomic mass is 27.2. The van der Waals surface area contributed by atoms with Gasteiger partial charge in [0, 0.05) is 0 Å². The van der Waals surface area contributed by atoms with Crippen molar-refractivity contribution in [1.82, 2.24) is 0 Å². The van der Waals surface area contributed by atoms with Crippen molar-refractivity contribution >= 4 is 14.1 Å². The third-order valence-corrected chi connectivity index (χ3v) is 11.4. The van der Waals surface area contributed by atoms with Crippen LogP contribution in [0.1, 0.15) is 117 Å². The summed E-state index contributed by atoms with van der Waals surface area (Å²) in [6, 6.07) is 0. The van der Waals surface area contributed by atoms with Crippen LogP contribution in [-0.4, -0.2) is 14.1 Å². The molecule has 3 rings (SSSR count). The van der Waals surface area contributed by atoms with E-state index in [-0.39, 0.29) is 0 Å². The molecule has 0 saturated heterocycles. The molecule has 138 valence electrons. The molecule has 0 heterocycles. The predicted molar refractivity (Wildman–Crippen MR) is 113 cm³/mol. The molecular formula is C24H39Al. The second-order valence-corrected chi connectivity index (χ2v) is 11.5. The number of hydrogen-bond donors (Lipinski definition) is 0. The van der Waals surface area contributed by atoms with E-state index in [0.29, 0.717) is 0 Å². The molecule has 0 atom stereocenters. The van der Waals surface area contributed by atoms with Gasteiger partial charge in [-0.15, -0.1) is 13.3 Å². The zero-order valence-electron chi connectivity index (χ0n) is 17.2. The monoisotopic (exact) mass is 354 g/mol. The van der Waals surface area contributed by atoms with Crippen LogP contribution < -0.4 is 0 Å². The fourth-order valence-corrected chi connectivity index (χ4v) is 10.9. The molecule has 0 fully saturated rings. The van der Waals surface area contributed by atoms with Crippen molar-refractivity contribution in [3.63, 3.8) is 0 Å². The van der Waals surface area contributed by atoms with Crippen molar-refractivity contribution < 1.29 is 0 Å². The zero-order valence-corrected chi connectivity index (χ0v) is 18.3. The number of allylic oxidation sites excluding steroid dienone is 6. The van der Waals surface area contributed by atoms with E-state index in [0.717, 1.165) is 0 Å². The topological polar surface area (TPSA) is 0 Å². The Bertz CT molecular complexity index is 480. The minimum atomic E-state index is -1.07. The quantitative estimate of drug-likeness (QED) is 0.425. The molecule has 1 heteroatoms. The summed E-state index contributed by atoms with van der Waals surface area (Å²) in [6.45, 7) is 7.29. The van der Waals surface area contributed by atoms with E-state index in [1.807, 2.05) is 30.0 Å². The van der Waals surface area contributed by atoms with Gasteiger partial charge in [-0.3, -0.25) is 0 Å². The lowest BCUT2D eigenvalue weighted by atomic mass is 9.96. The standard InChI is InChI=1S/3C8H13.Al/c3*1-2-8-6-4-3-5-7-8;/h3*2-6H2,1H3;. The lowest BCUT2D eigenvalue weighted by Crippen LogP contribution is -2.31. The highest BCUT2D eigenvalue weighted by molar-refractivity contribution is 6.81. The van der Waals surface area contributed by atoms with Gasteiger partial charge in [0.25, 0.3) is 0 Å². The highest BCUT2D eigenvalue weighted by Crippen LogP contribution is 2.42. The number of hydrogen-bond acceptors (Lipinski definition) is 0. The van der Waals surface area contributed by atoms with Crippen LogP contribution in [-0.2, 0) is 0 Å². The van der Waals surface area contributed by atoms with Gasteiger partial charge in [-0.05, 0) is 77.0 Å². The van der Waals surface area contributed by atoms with Gasteiger partial charge in [0.1, 0.15) is 0 Å². The van der Waals surface area contributed by atoms with Gasteiger partial charge in [0.2, 0.25) is 0 Å². The number of rotatable bonds is 6. The SMILES string of the molecule is CCC1=[C]([Al]([C]2=C(CC)CCCC2)[C]2=C(CC)CCCC2)CCCC1. The molecule has 0 bridgehead atoms. The minimum absolute atomic E-state index is 1.07. The Labute approximate surface area is 161 Å². The molecule has 25 heavy (non-hydrogen) atoms. The van der Waals surface area contributed by atoms with Crippen LogP contribution in [0.2, 0.25) is 0 Å². The van der Waals surface area contributed by atoms with Crippen LogP contribution in [0, 0.1) is 0 Å². The van der Waals surface area contributed by atoms with Crippen molar-refractivity contribution in [3.8, 4) is 0 Å². The highest BCUT2D eigenvalue weighted by Gasteiger charge is 2.36. The predicted octanol–water partition coefficient (Wildman–Crippen LogP) is 7.94. The van der Waals surface area contributed by atoms with Gasteiger partial charge < -0.3 is 0 Å². The summed E-state index contributed by atoms with van der Waals surface area (Å²) in [5.41, 5.74) is 5.68. The third kappa shape index (κ3) is 4.36. The maximum atomic E-state index is 2.43. The van der Waals surface area contributed by atoms with E-state index < -0.39 is 14.1 Å². The average molecular weight is 355 g/mol. The third-order valence-electron chi connectivity index (χ3n) is 7.21. The van der Waals surface area contributed by atoms with Gasteiger partial charge in [-0.2, -0.15) is 0 Å². The van der Waals surface area contributed by atoms with Crippen molar-refractivity contribution in [3.05, 3.63) is 30.0 Å². The van der Waals surface area contributed by atoms with E-state index >= 15 is 0 Å². The first-order valence-electron chi connectivity index (χ1n) is 11.4. The summed E-state index contributed by atoms with van der Waals surface area (Å²) in [5.74, 6) is 0. The summed E-state index contributed by atoms with van der Waals surface area (Å²) in [7, 11) is 0. The Morgan fingerprint density at radius 2 is 0.760 bits per heavy atom. The molecule has 0 amide bonds. The molecule has 0 aromatic heterocycles. The summed E-state index contributed by atoms with van der Waals surface area (Å²) in [5, 5.41) is 0. The Morgan fingerprint density at radius 3 is 1.04 bits per heavy atom. The smallest absolute Gasteiger partial charge is 0.122 e. The Hall–Kier alpha value is -0.248. The molecule has 0 radical (unpaired) electrons. The molecular weight excluding hydrogens is 315 g/mol. The van der Waals surface area contributed by atoms with Gasteiger partial charge >= 0.3 is 14.1 Å². The van der Waals surface area contributed by atoms with Crippen LogP contribution in [0.25, 0.3) is 0 Å². The maximum absolute atomic E-state index is 2.43. The van der Waals surface area contributed by atoms with Gasteiger partial charge in [0.05, 0.1) is 0 Å². The average Bonchev–Trinajstić information content (AvgIpc) is 2.69. The first-order valence-corrected chi connectivity index (χ1v) is 13.2. The molecule has 0 aliphatic heterocycles. The van der Waals surface area contributed by atoms with Crippen LogP contribution >= 0.6 is 0 Å². The van der Waals surface area contributed by atoms with Gasteiger partial charge in [-0.25, -0.2) is 0 Å². The van der Waals surface area contributed by atoms with Gasteiger partial charge in [-0.1, -0.05) is 56.8 Å². The van der Waals surface area contributed by atoms with E-state index in [9.17, 15) is 0 Å². The Kier molecular flexibility index (Phi) is 7.51. The zero-order chi connectivity index (χ0) is 17.6. The first kappa shape index (κ1) is 19.5. The van der Waals surface area contributed by atoms with Crippen LogP contribution in [0.5, 0.6) is 0 Å². The Morgan fingerprint density at radius 1 is 0.480 bits per heavy atom. The maximum Gasteiger partial charge on any atom is 0.369 e. The molecule has 0 unspecified atom stereocenters. The van der Waals surface area contributed by atoms with Gasteiger partial charge in [0.15, 0.2) is 0 Å². The molecule has 0 aromatic carbocycles. The van der Waals surface area contributed by atoms with E-state index in [4.69, 9.17) is 0 Å². The van der Waals surface area contributed by atoms with Crippen LogP contribution in [0.3, 0.4) is 0 Å². The van der Waals surface area contributed by atoms with Crippen LogP contribution in [0.15, 0.2) is 30.0 Å².